The summed E-state index contributed by atoms with van der Waals surface area (Å²) < 4.78 is 10.5. The third kappa shape index (κ3) is 2.30. The van der Waals surface area contributed by atoms with E-state index >= 15 is 0 Å². The molecule has 2 aromatic carbocycles. The predicted molar refractivity (Wildman–Crippen MR) is 71.1 cm³/mol. The van der Waals surface area contributed by atoms with Gasteiger partial charge >= 0.3 is 5.97 Å². The van der Waals surface area contributed by atoms with Gasteiger partial charge in [-0.2, -0.15) is 0 Å². The van der Waals surface area contributed by atoms with Crippen LogP contribution in [0, 0.1) is 0 Å². The molecular formula is C15H16O3. The fraction of sp³-hybridized carbons (Fsp3) is 0.267. The average Bonchev–Trinajstić information content (AvgIpc) is 2.43. The molecule has 0 spiro atoms. The minimum Gasteiger partial charge on any atom is -0.493 e. The number of fused-ring (bicyclic) bond motifs is 1. The highest BCUT2D eigenvalue weighted by Crippen LogP contribution is 2.28. The van der Waals surface area contributed by atoms with E-state index in [1.165, 1.54) is 7.11 Å². The van der Waals surface area contributed by atoms with Crippen LogP contribution in [0.4, 0.5) is 0 Å². The molecule has 0 fully saturated rings. The molecular weight excluding hydrogens is 228 g/mol. The summed E-state index contributed by atoms with van der Waals surface area (Å²) in [5.74, 6) is 0.223. The van der Waals surface area contributed by atoms with Crippen LogP contribution in [-0.2, 0) is 4.74 Å². The second kappa shape index (κ2) is 5.54. The lowest BCUT2D eigenvalue weighted by Gasteiger charge is -2.12. The van der Waals surface area contributed by atoms with E-state index in [4.69, 9.17) is 9.47 Å². The predicted octanol–water partition coefficient (Wildman–Crippen LogP) is 3.42. The minimum atomic E-state index is -0.363. The van der Waals surface area contributed by atoms with E-state index in [1.807, 2.05) is 43.3 Å². The fourth-order valence-electron chi connectivity index (χ4n) is 1.90. The van der Waals surface area contributed by atoms with Crippen LogP contribution in [0.15, 0.2) is 36.4 Å². The number of esters is 1. The Morgan fingerprint density at radius 3 is 2.67 bits per heavy atom. The SMILES string of the molecule is CCCOc1ccc2ccccc2c1C(=O)OC. The van der Waals surface area contributed by atoms with E-state index in [1.54, 1.807) is 0 Å². The van der Waals surface area contributed by atoms with E-state index in [9.17, 15) is 4.79 Å². The van der Waals surface area contributed by atoms with Crippen LogP contribution in [0.2, 0.25) is 0 Å². The monoisotopic (exact) mass is 244 g/mol. The molecule has 0 aromatic heterocycles. The van der Waals surface area contributed by atoms with Crippen molar-refractivity contribution in [2.45, 2.75) is 13.3 Å². The van der Waals surface area contributed by atoms with Crippen LogP contribution in [0.1, 0.15) is 23.7 Å². The van der Waals surface area contributed by atoms with Gasteiger partial charge in [0.15, 0.2) is 0 Å². The summed E-state index contributed by atoms with van der Waals surface area (Å²) in [4.78, 5) is 11.9. The molecule has 0 aliphatic rings. The first-order valence-electron chi connectivity index (χ1n) is 6.00. The number of hydrogen-bond donors (Lipinski definition) is 0. The van der Waals surface area contributed by atoms with E-state index in [-0.39, 0.29) is 5.97 Å². The first-order valence-corrected chi connectivity index (χ1v) is 6.00. The molecule has 0 saturated carbocycles. The summed E-state index contributed by atoms with van der Waals surface area (Å²) in [6.45, 7) is 2.61. The zero-order valence-corrected chi connectivity index (χ0v) is 10.6. The largest absolute Gasteiger partial charge is 0.493 e. The van der Waals surface area contributed by atoms with Crippen molar-refractivity contribution in [3.63, 3.8) is 0 Å². The van der Waals surface area contributed by atoms with Crippen LogP contribution in [-0.4, -0.2) is 19.7 Å². The third-order valence-electron chi connectivity index (χ3n) is 2.74. The third-order valence-corrected chi connectivity index (χ3v) is 2.74. The van der Waals surface area contributed by atoms with Crippen molar-refractivity contribution in [1.29, 1.82) is 0 Å². The second-order valence-electron chi connectivity index (χ2n) is 4.00. The Bertz CT molecular complexity index is 561. The van der Waals surface area contributed by atoms with Crippen molar-refractivity contribution in [1.82, 2.24) is 0 Å². The molecule has 0 bridgehead atoms. The van der Waals surface area contributed by atoms with Crippen molar-refractivity contribution in [3.8, 4) is 5.75 Å². The quantitative estimate of drug-likeness (QED) is 0.773. The molecule has 2 rings (SSSR count). The van der Waals surface area contributed by atoms with Gasteiger partial charge in [0.05, 0.1) is 13.7 Å². The number of benzene rings is 2. The minimum absolute atomic E-state index is 0.363. The van der Waals surface area contributed by atoms with Gasteiger partial charge in [0.25, 0.3) is 0 Å². The van der Waals surface area contributed by atoms with E-state index in [2.05, 4.69) is 0 Å². The van der Waals surface area contributed by atoms with Crippen molar-refractivity contribution in [3.05, 3.63) is 42.0 Å². The lowest BCUT2D eigenvalue weighted by molar-refractivity contribution is 0.0598. The first-order chi connectivity index (χ1) is 8.77. The summed E-state index contributed by atoms with van der Waals surface area (Å²) in [7, 11) is 1.38. The average molecular weight is 244 g/mol. The molecule has 0 saturated heterocycles. The normalized spacial score (nSPS) is 10.3. The first kappa shape index (κ1) is 12.4. The highest BCUT2D eigenvalue weighted by Gasteiger charge is 2.16. The summed E-state index contributed by atoms with van der Waals surface area (Å²) >= 11 is 0. The molecule has 0 radical (unpaired) electrons. The molecule has 0 aliphatic heterocycles. The van der Waals surface area contributed by atoms with Crippen molar-refractivity contribution in [2.75, 3.05) is 13.7 Å². The molecule has 0 unspecified atom stereocenters. The lowest BCUT2D eigenvalue weighted by Crippen LogP contribution is -2.07. The van der Waals surface area contributed by atoms with Crippen molar-refractivity contribution >= 4 is 16.7 Å². The Morgan fingerprint density at radius 1 is 1.17 bits per heavy atom. The highest BCUT2D eigenvalue weighted by atomic mass is 16.5. The lowest BCUT2D eigenvalue weighted by atomic mass is 10.0. The number of rotatable bonds is 4. The number of methoxy groups -OCH3 is 1. The van der Waals surface area contributed by atoms with E-state index in [0.717, 1.165) is 17.2 Å². The van der Waals surface area contributed by atoms with Gasteiger partial charge in [-0.1, -0.05) is 37.3 Å². The maximum atomic E-state index is 11.9. The Kier molecular flexibility index (Phi) is 3.82. The number of carbonyl (C=O) groups is 1. The van der Waals surface area contributed by atoms with Gasteiger partial charge in [0.1, 0.15) is 11.3 Å². The van der Waals surface area contributed by atoms with Gasteiger partial charge in [-0.15, -0.1) is 0 Å². The Labute approximate surface area is 106 Å². The molecule has 0 N–H and O–H groups in total. The molecule has 3 nitrogen and oxygen atoms in total. The Morgan fingerprint density at radius 2 is 1.94 bits per heavy atom. The number of carbonyl (C=O) groups excluding carboxylic acids is 1. The van der Waals surface area contributed by atoms with Gasteiger partial charge in [-0.3, -0.25) is 0 Å². The second-order valence-corrected chi connectivity index (χ2v) is 4.00. The van der Waals surface area contributed by atoms with Gasteiger partial charge in [-0.05, 0) is 23.3 Å². The van der Waals surface area contributed by atoms with Crippen LogP contribution in [0.5, 0.6) is 5.75 Å². The van der Waals surface area contributed by atoms with Crippen LogP contribution >= 0.6 is 0 Å². The zero-order valence-electron chi connectivity index (χ0n) is 10.6. The number of ether oxygens (including phenoxy) is 2. The topological polar surface area (TPSA) is 35.5 Å². The van der Waals surface area contributed by atoms with Crippen LogP contribution < -0.4 is 4.74 Å². The Hall–Kier alpha value is -2.03. The maximum Gasteiger partial charge on any atom is 0.342 e. The maximum absolute atomic E-state index is 11.9. The fourth-order valence-corrected chi connectivity index (χ4v) is 1.90. The number of hydrogen-bond acceptors (Lipinski definition) is 3. The molecule has 0 atom stereocenters. The molecule has 0 heterocycles. The van der Waals surface area contributed by atoms with Gasteiger partial charge in [-0.25, -0.2) is 4.79 Å². The molecule has 2 aromatic rings. The van der Waals surface area contributed by atoms with Gasteiger partial charge in [0.2, 0.25) is 0 Å². The van der Waals surface area contributed by atoms with Gasteiger partial charge < -0.3 is 9.47 Å². The smallest absolute Gasteiger partial charge is 0.342 e. The zero-order chi connectivity index (χ0) is 13.0. The van der Waals surface area contributed by atoms with E-state index < -0.39 is 0 Å². The van der Waals surface area contributed by atoms with Crippen molar-refractivity contribution in [2.24, 2.45) is 0 Å². The Balaban J connectivity index is 2.59. The molecule has 0 amide bonds. The van der Waals surface area contributed by atoms with Gasteiger partial charge in [0, 0.05) is 0 Å². The summed E-state index contributed by atoms with van der Waals surface area (Å²) in [6.07, 6.45) is 0.896. The van der Waals surface area contributed by atoms with Crippen molar-refractivity contribution < 1.29 is 14.3 Å². The summed E-state index contributed by atoms with van der Waals surface area (Å²) in [5, 5.41) is 1.86. The van der Waals surface area contributed by atoms with E-state index in [0.29, 0.717) is 17.9 Å². The summed E-state index contributed by atoms with van der Waals surface area (Å²) in [6, 6.07) is 11.5. The molecule has 18 heavy (non-hydrogen) atoms. The summed E-state index contributed by atoms with van der Waals surface area (Å²) in [5.41, 5.74) is 0.504. The molecule has 94 valence electrons. The highest BCUT2D eigenvalue weighted by molar-refractivity contribution is 6.07. The van der Waals surface area contributed by atoms with Crippen LogP contribution in [0.25, 0.3) is 10.8 Å². The molecule has 3 heteroatoms. The standard InChI is InChI=1S/C15H16O3/c1-3-10-18-13-9-8-11-6-4-5-7-12(11)14(13)15(16)17-2/h4-9H,3,10H2,1-2H3. The van der Waals surface area contributed by atoms with Crippen LogP contribution in [0.3, 0.4) is 0 Å². The molecule has 0 aliphatic carbocycles.